The summed E-state index contributed by atoms with van der Waals surface area (Å²) in [5.41, 5.74) is 2.38. The highest BCUT2D eigenvalue weighted by Crippen LogP contribution is 2.25. The molecule has 75 valence electrons. The zero-order valence-electron chi connectivity index (χ0n) is 8.63. The van der Waals surface area contributed by atoms with E-state index in [2.05, 4.69) is 42.2 Å². The van der Waals surface area contributed by atoms with Gasteiger partial charge in [0, 0.05) is 17.8 Å². The highest BCUT2D eigenvalue weighted by atomic mass is 14.7. The fraction of sp³-hybridized carbons (Fsp3) is 0.143. The predicted octanol–water partition coefficient (Wildman–Crippen LogP) is 3.44. The summed E-state index contributed by atoms with van der Waals surface area (Å²) in [5, 5.41) is 0. The first-order valence-corrected chi connectivity index (χ1v) is 5.17. The minimum Gasteiger partial charge on any atom is -0.261 e. The SMILES string of the molecule is [CH2]CC(c1ccccc1)c1ccccn1. The summed E-state index contributed by atoms with van der Waals surface area (Å²) in [4.78, 5) is 4.39. The van der Waals surface area contributed by atoms with Crippen LogP contribution in [0.25, 0.3) is 0 Å². The molecule has 0 bridgehead atoms. The van der Waals surface area contributed by atoms with Gasteiger partial charge >= 0.3 is 0 Å². The standard InChI is InChI=1S/C14H14N/c1-2-13(12-8-4-3-5-9-12)14-10-6-7-11-15-14/h3-11,13H,1-2H2. The fourth-order valence-corrected chi connectivity index (χ4v) is 1.75. The van der Waals surface area contributed by atoms with Crippen LogP contribution in [-0.4, -0.2) is 4.98 Å². The van der Waals surface area contributed by atoms with Crippen LogP contribution in [0.2, 0.25) is 0 Å². The molecule has 15 heavy (non-hydrogen) atoms. The molecule has 0 saturated carbocycles. The number of hydrogen-bond donors (Lipinski definition) is 0. The van der Waals surface area contributed by atoms with Gasteiger partial charge in [0.2, 0.25) is 0 Å². The van der Waals surface area contributed by atoms with Crippen molar-refractivity contribution in [1.82, 2.24) is 4.98 Å². The quantitative estimate of drug-likeness (QED) is 0.732. The second kappa shape index (κ2) is 4.74. The Morgan fingerprint density at radius 2 is 1.73 bits per heavy atom. The second-order valence-electron chi connectivity index (χ2n) is 3.51. The maximum Gasteiger partial charge on any atom is 0.0478 e. The van der Waals surface area contributed by atoms with Crippen molar-refractivity contribution in [3.05, 3.63) is 72.9 Å². The van der Waals surface area contributed by atoms with Crippen LogP contribution >= 0.6 is 0 Å². The number of pyridine rings is 1. The Kier molecular flexibility index (Phi) is 3.13. The Morgan fingerprint density at radius 1 is 1.00 bits per heavy atom. The van der Waals surface area contributed by atoms with Crippen molar-refractivity contribution in [2.24, 2.45) is 0 Å². The lowest BCUT2D eigenvalue weighted by Crippen LogP contribution is -2.01. The molecule has 1 heterocycles. The molecule has 1 radical (unpaired) electrons. The summed E-state index contributed by atoms with van der Waals surface area (Å²) >= 11 is 0. The maximum atomic E-state index is 4.39. The molecule has 1 nitrogen and oxygen atoms in total. The summed E-state index contributed by atoms with van der Waals surface area (Å²) in [7, 11) is 0. The van der Waals surface area contributed by atoms with Gasteiger partial charge in [0.25, 0.3) is 0 Å². The molecule has 0 N–H and O–H groups in total. The van der Waals surface area contributed by atoms with E-state index in [1.165, 1.54) is 5.56 Å². The molecule has 1 unspecified atom stereocenters. The number of nitrogens with zero attached hydrogens (tertiary/aromatic N) is 1. The Balaban J connectivity index is 2.34. The van der Waals surface area contributed by atoms with E-state index >= 15 is 0 Å². The molecule has 1 heteroatoms. The lowest BCUT2D eigenvalue weighted by Gasteiger charge is -2.14. The molecule has 1 atom stereocenters. The van der Waals surface area contributed by atoms with Gasteiger partial charge in [0.05, 0.1) is 0 Å². The molecule has 2 rings (SSSR count). The fourth-order valence-electron chi connectivity index (χ4n) is 1.75. The summed E-state index contributed by atoms with van der Waals surface area (Å²) < 4.78 is 0. The van der Waals surface area contributed by atoms with Gasteiger partial charge in [-0.25, -0.2) is 0 Å². The van der Waals surface area contributed by atoms with Crippen LogP contribution in [0.5, 0.6) is 0 Å². The third kappa shape index (κ3) is 2.24. The van der Waals surface area contributed by atoms with Crippen LogP contribution in [0, 0.1) is 6.92 Å². The van der Waals surface area contributed by atoms with Crippen molar-refractivity contribution in [3.63, 3.8) is 0 Å². The number of aromatic nitrogens is 1. The van der Waals surface area contributed by atoms with E-state index in [0.29, 0.717) is 5.92 Å². The minimum atomic E-state index is 0.312. The molecule has 1 aromatic carbocycles. The average molecular weight is 196 g/mol. The minimum absolute atomic E-state index is 0.312. The van der Waals surface area contributed by atoms with E-state index < -0.39 is 0 Å². The van der Waals surface area contributed by atoms with Gasteiger partial charge in [-0.1, -0.05) is 43.3 Å². The lowest BCUT2D eigenvalue weighted by molar-refractivity contribution is 0.792. The molecule has 1 aromatic heterocycles. The van der Waals surface area contributed by atoms with Gasteiger partial charge in [0.1, 0.15) is 0 Å². The molecule has 0 aliphatic carbocycles. The van der Waals surface area contributed by atoms with Gasteiger partial charge < -0.3 is 0 Å². The third-order valence-corrected chi connectivity index (χ3v) is 2.54. The first-order valence-electron chi connectivity index (χ1n) is 5.17. The molecule has 0 aliphatic heterocycles. The van der Waals surface area contributed by atoms with E-state index in [1.54, 1.807) is 0 Å². The van der Waals surface area contributed by atoms with Crippen LogP contribution < -0.4 is 0 Å². The smallest absolute Gasteiger partial charge is 0.0478 e. The first kappa shape index (κ1) is 9.91. The lowest BCUT2D eigenvalue weighted by atomic mass is 9.93. The van der Waals surface area contributed by atoms with Crippen molar-refractivity contribution in [2.45, 2.75) is 12.3 Å². The highest BCUT2D eigenvalue weighted by molar-refractivity contribution is 5.28. The van der Waals surface area contributed by atoms with Crippen molar-refractivity contribution in [3.8, 4) is 0 Å². The van der Waals surface area contributed by atoms with Crippen LogP contribution in [0.4, 0.5) is 0 Å². The van der Waals surface area contributed by atoms with Crippen molar-refractivity contribution >= 4 is 0 Å². The van der Waals surface area contributed by atoms with Crippen molar-refractivity contribution < 1.29 is 0 Å². The van der Waals surface area contributed by atoms with Gasteiger partial charge in [0.15, 0.2) is 0 Å². The van der Waals surface area contributed by atoms with Crippen LogP contribution in [0.1, 0.15) is 23.6 Å². The Bertz CT molecular complexity index is 355. The maximum absolute atomic E-state index is 4.39. The Morgan fingerprint density at radius 3 is 2.33 bits per heavy atom. The van der Waals surface area contributed by atoms with Gasteiger partial charge in [-0.05, 0) is 24.1 Å². The van der Waals surface area contributed by atoms with E-state index in [9.17, 15) is 0 Å². The number of benzene rings is 1. The molecule has 0 amide bonds. The first-order chi connectivity index (χ1) is 7.42. The van der Waals surface area contributed by atoms with Gasteiger partial charge in [-0.2, -0.15) is 0 Å². The van der Waals surface area contributed by atoms with E-state index in [0.717, 1.165) is 12.1 Å². The van der Waals surface area contributed by atoms with Crippen molar-refractivity contribution in [2.75, 3.05) is 0 Å². The largest absolute Gasteiger partial charge is 0.261 e. The topological polar surface area (TPSA) is 12.9 Å². The molecular formula is C14H14N. The molecule has 0 aliphatic rings. The Labute approximate surface area is 90.8 Å². The van der Waals surface area contributed by atoms with E-state index in [1.807, 2.05) is 24.4 Å². The Hall–Kier alpha value is -1.63. The average Bonchev–Trinajstić information content (AvgIpc) is 2.33. The monoisotopic (exact) mass is 196 g/mol. The third-order valence-electron chi connectivity index (χ3n) is 2.54. The van der Waals surface area contributed by atoms with Crippen LogP contribution in [0.3, 0.4) is 0 Å². The highest BCUT2D eigenvalue weighted by Gasteiger charge is 2.11. The molecular weight excluding hydrogens is 182 g/mol. The second-order valence-corrected chi connectivity index (χ2v) is 3.51. The number of rotatable bonds is 3. The van der Waals surface area contributed by atoms with Crippen LogP contribution in [-0.2, 0) is 0 Å². The zero-order valence-corrected chi connectivity index (χ0v) is 8.63. The summed E-state index contributed by atoms with van der Waals surface area (Å²) in [6.07, 6.45) is 2.67. The normalized spacial score (nSPS) is 12.3. The predicted molar refractivity (Wildman–Crippen MR) is 62.5 cm³/mol. The van der Waals surface area contributed by atoms with E-state index in [-0.39, 0.29) is 0 Å². The molecule has 0 fully saturated rings. The molecule has 0 spiro atoms. The number of hydrogen-bond acceptors (Lipinski definition) is 1. The molecule has 2 aromatic rings. The summed E-state index contributed by atoms with van der Waals surface area (Å²) in [6, 6.07) is 16.4. The van der Waals surface area contributed by atoms with Crippen LogP contribution in [0.15, 0.2) is 54.7 Å². The summed E-state index contributed by atoms with van der Waals surface area (Å²) in [5.74, 6) is 0.312. The summed E-state index contributed by atoms with van der Waals surface area (Å²) in [6.45, 7) is 4.00. The molecule has 0 saturated heterocycles. The van der Waals surface area contributed by atoms with Crippen molar-refractivity contribution in [1.29, 1.82) is 0 Å². The van der Waals surface area contributed by atoms with Gasteiger partial charge in [-0.3, -0.25) is 4.98 Å². The van der Waals surface area contributed by atoms with E-state index in [4.69, 9.17) is 0 Å². The zero-order chi connectivity index (χ0) is 10.5. The van der Waals surface area contributed by atoms with Gasteiger partial charge in [-0.15, -0.1) is 0 Å².